The predicted octanol–water partition coefficient (Wildman–Crippen LogP) is 3.04. The summed E-state index contributed by atoms with van der Waals surface area (Å²) in [5.74, 6) is -0.323. The van der Waals surface area contributed by atoms with E-state index >= 15 is 0 Å². The van der Waals surface area contributed by atoms with Gasteiger partial charge in [0.15, 0.2) is 0 Å². The van der Waals surface area contributed by atoms with Gasteiger partial charge in [0.05, 0.1) is 17.3 Å². The first kappa shape index (κ1) is 16.0. The molecule has 2 atom stereocenters. The highest BCUT2D eigenvalue weighted by Gasteiger charge is 2.44. The largest absolute Gasteiger partial charge is 0.345 e. The molecule has 1 saturated carbocycles. The summed E-state index contributed by atoms with van der Waals surface area (Å²) in [6.07, 6.45) is 5.81. The minimum absolute atomic E-state index is 0.0708. The maximum atomic E-state index is 12.6. The van der Waals surface area contributed by atoms with Crippen LogP contribution in [0.5, 0.6) is 0 Å². The molecule has 1 aliphatic carbocycles. The van der Waals surface area contributed by atoms with E-state index in [9.17, 15) is 9.59 Å². The van der Waals surface area contributed by atoms with Crippen molar-refractivity contribution in [3.05, 3.63) is 58.5 Å². The van der Waals surface area contributed by atoms with Crippen LogP contribution in [0.2, 0.25) is 5.15 Å². The number of hydrogen-bond donors (Lipinski definition) is 3. The van der Waals surface area contributed by atoms with Crippen molar-refractivity contribution in [3.8, 4) is 0 Å². The van der Waals surface area contributed by atoms with Crippen LogP contribution in [0.3, 0.4) is 0 Å². The van der Waals surface area contributed by atoms with Crippen LogP contribution in [0.15, 0.2) is 41.8 Å². The van der Waals surface area contributed by atoms with Crippen molar-refractivity contribution >= 4 is 46.2 Å². The Balaban J connectivity index is 1.44. The van der Waals surface area contributed by atoms with E-state index in [1.807, 2.05) is 12.1 Å². The molecule has 8 heteroatoms. The highest BCUT2D eigenvalue weighted by molar-refractivity contribution is 6.35. The number of rotatable bonds is 3. The van der Waals surface area contributed by atoms with Gasteiger partial charge in [-0.25, -0.2) is 5.43 Å². The van der Waals surface area contributed by atoms with Crippen LogP contribution in [0.1, 0.15) is 33.8 Å². The topological polar surface area (TPSA) is 99.2 Å². The molecule has 3 aromatic rings. The van der Waals surface area contributed by atoms with Gasteiger partial charge in [0.1, 0.15) is 5.15 Å². The molecule has 0 spiro atoms. The van der Waals surface area contributed by atoms with Crippen molar-refractivity contribution in [2.24, 2.45) is 11.0 Å². The molecule has 3 heterocycles. The summed E-state index contributed by atoms with van der Waals surface area (Å²) in [6.45, 7) is 0. The van der Waals surface area contributed by atoms with Crippen molar-refractivity contribution in [1.29, 1.82) is 0 Å². The number of halogens is 1. The fourth-order valence-electron chi connectivity index (χ4n) is 3.60. The maximum Gasteiger partial charge on any atom is 0.272 e. The van der Waals surface area contributed by atoms with E-state index in [1.165, 1.54) is 6.21 Å². The van der Waals surface area contributed by atoms with Crippen LogP contribution in [0.4, 0.5) is 5.69 Å². The van der Waals surface area contributed by atoms with Gasteiger partial charge in [-0.15, -0.1) is 0 Å². The van der Waals surface area contributed by atoms with Crippen molar-refractivity contribution in [2.75, 3.05) is 5.32 Å². The summed E-state index contributed by atoms with van der Waals surface area (Å²) in [6, 6.07) is 7.29. The summed E-state index contributed by atoms with van der Waals surface area (Å²) >= 11 is 6.22. The van der Waals surface area contributed by atoms with Gasteiger partial charge in [0, 0.05) is 34.9 Å². The Morgan fingerprint density at radius 3 is 3.04 bits per heavy atom. The standard InChI is InChI=1S/C19H14ClN5O2/c20-17-14-8-22-25-19(27)13-4-10(5-15(24-17)16(13)14)23-18(26)12-6-11(12)9-2-1-3-21-7-9/h1-5,7-8,11-12,24H,6H2,(H,23,26)(H,25,27). The molecule has 1 aliphatic heterocycles. The van der Waals surface area contributed by atoms with E-state index in [0.717, 1.165) is 12.0 Å². The third-order valence-electron chi connectivity index (χ3n) is 5.00. The van der Waals surface area contributed by atoms with Gasteiger partial charge in [0.2, 0.25) is 5.91 Å². The summed E-state index contributed by atoms with van der Waals surface area (Å²) in [7, 11) is 0. The number of nitrogens with one attached hydrogen (secondary N) is 3. The third kappa shape index (κ3) is 2.67. The number of nitrogens with zero attached hydrogens (tertiary/aromatic N) is 2. The fourth-order valence-corrected chi connectivity index (χ4v) is 3.84. The van der Waals surface area contributed by atoms with E-state index in [4.69, 9.17) is 11.6 Å². The molecular weight excluding hydrogens is 366 g/mol. The normalized spacial score (nSPS) is 20.3. The van der Waals surface area contributed by atoms with Crippen LogP contribution in [-0.2, 0) is 4.79 Å². The van der Waals surface area contributed by atoms with Crippen LogP contribution in [-0.4, -0.2) is 28.0 Å². The number of anilines is 1. The van der Waals surface area contributed by atoms with E-state index in [0.29, 0.717) is 32.9 Å². The van der Waals surface area contributed by atoms with Crippen LogP contribution >= 0.6 is 11.6 Å². The minimum Gasteiger partial charge on any atom is -0.345 e. The number of H-pyrrole nitrogens is 1. The fraction of sp³-hybridized carbons (Fsp3) is 0.158. The summed E-state index contributed by atoms with van der Waals surface area (Å²) in [4.78, 5) is 32.1. The van der Waals surface area contributed by atoms with Crippen LogP contribution in [0, 0.1) is 5.92 Å². The van der Waals surface area contributed by atoms with Gasteiger partial charge >= 0.3 is 0 Å². The van der Waals surface area contributed by atoms with Gasteiger partial charge in [-0.3, -0.25) is 14.6 Å². The molecule has 5 rings (SSSR count). The quantitative estimate of drug-likeness (QED) is 0.652. The van der Waals surface area contributed by atoms with Gasteiger partial charge in [0.25, 0.3) is 5.91 Å². The molecular formula is C19H14ClN5O2. The number of hydrazone groups is 1. The summed E-state index contributed by atoms with van der Waals surface area (Å²) in [5.41, 5.74) is 5.79. The number of carbonyl (C=O) groups excluding carboxylic acids is 2. The molecule has 7 nitrogen and oxygen atoms in total. The van der Waals surface area contributed by atoms with Crippen molar-refractivity contribution in [2.45, 2.75) is 12.3 Å². The molecule has 3 N–H and O–H groups in total. The SMILES string of the molecule is O=C1NN=Cc2c(Cl)[nH]c3cc(NC(=O)C4CC4c4cccnc4)cc1c23. The summed E-state index contributed by atoms with van der Waals surface area (Å²) in [5, 5.41) is 7.88. The van der Waals surface area contributed by atoms with Crippen molar-refractivity contribution in [1.82, 2.24) is 15.4 Å². The van der Waals surface area contributed by atoms with Gasteiger partial charge in [-0.2, -0.15) is 5.10 Å². The zero-order valence-electron chi connectivity index (χ0n) is 14.0. The number of aromatic nitrogens is 2. The second-order valence-corrected chi connectivity index (χ2v) is 7.10. The monoisotopic (exact) mass is 379 g/mol. The molecule has 1 fully saturated rings. The Bertz CT molecular complexity index is 1120. The molecule has 2 amide bonds. The molecule has 2 aromatic heterocycles. The average molecular weight is 380 g/mol. The third-order valence-corrected chi connectivity index (χ3v) is 5.30. The lowest BCUT2D eigenvalue weighted by Gasteiger charge is -2.08. The predicted molar refractivity (Wildman–Crippen MR) is 102 cm³/mol. The molecule has 134 valence electrons. The molecule has 0 saturated heterocycles. The molecule has 2 unspecified atom stereocenters. The molecule has 0 bridgehead atoms. The first-order valence-electron chi connectivity index (χ1n) is 8.51. The Kier molecular flexibility index (Phi) is 3.51. The zero-order chi connectivity index (χ0) is 18.5. The maximum absolute atomic E-state index is 12.6. The second-order valence-electron chi connectivity index (χ2n) is 6.72. The Morgan fingerprint density at radius 2 is 2.22 bits per heavy atom. The van der Waals surface area contributed by atoms with E-state index in [2.05, 4.69) is 25.8 Å². The first-order valence-corrected chi connectivity index (χ1v) is 8.89. The van der Waals surface area contributed by atoms with E-state index < -0.39 is 0 Å². The lowest BCUT2D eigenvalue weighted by Crippen LogP contribution is -2.18. The van der Waals surface area contributed by atoms with Crippen molar-refractivity contribution in [3.63, 3.8) is 0 Å². The lowest BCUT2D eigenvalue weighted by molar-refractivity contribution is -0.117. The number of pyridine rings is 1. The number of carbonyl (C=O) groups is 2. The molecule has 1 aromatic carbocycles. The van der Waals surface area contributed by atoms with Gasteiger partial charge in [-0.05, 0) is 36.1 Å². The van der Waals surface area contributed by atoms with E-state index in [-0.39, 0.29) is 23.7 Å². The number of amides is 2. The molecule has 27 heavy (non-hydrogen) atoms. The van der Waals surface area contributed by atoms with Gasteiger partial charge in [-0.1, -0.05) is 17.7 Å². The molecule has 2 aliphatic rings. The zero-order valence-corrected chi connectivity index (χ0v) is 14.7. The minimum atomic E-state index is -0.346. The lowest BCUT2D eigenvalue weighted by atomic mass is 10.0. The first-order chi connectivity index (χ1) is 13.1. The Hall–Kier alpha value is -3.19. The molecule has 0 radical (unpaired) electrons. The Labute approximate surface area is 158 Å². The van der Waals surface area contributed by atoms with Crippen molar-refractivity contribution < 1.29 is 9.59 Å². The number of hydrogen-bond acceptors (Lipinski definition) is 4. The van der Waals surface area contributed by atoms with Crippen LogP contribution in [0.25, 0.3) is 10.9 Å². The second kappa shape index (κ2) is 5.92. The van der Waals surface area contributed by atoms with Gasteiger partial charge < -0.3 is 10.3 Å². The number of aromatic amines is 1. The number of benzene rings is 1. The smallest absolute Gasteiger partial charge is 0.272 e. The van der Waals surface area contributed by atoms with E-state index in [1.54, 1.807) is 24.5 Å². The highest BCUT2D eigenvalue weighted by atomic mass is 35.5. The summed E-state index contributed by atoms with van der Waals surface area (Å²) < 4.78 is 0. The van der Waals surface area contributed by atoms with Crippen LogP contribution < -0.4 is 10.7 Å². The average Bonchev–Trinajstić information content (AvgIpc) is 3.42. The Morgan fingerprint density at radius 1 is 1.33 bits per heavy atom. The highest BCUT2D eigenvalue weighted by Crippen LogP contribution is 2.47.